The van der Waals surface area contributed by atoms with Crippen molar-refractivity contribution in [2.24, 2.45) is 5.92 Å². The number of carbonyl (C=O) groups excluding carboxylic acids is 2. The number of ether oxygens (including phenoxy) is 1. The summed E-state index contributed by atoms with van der Waals surface area (Å²) in [6.45, 7) is 6.21. The normalized spacial score (nSPS) is 17.9. The highest BCUT2D eigenvalue weighted by Crippen LogP contribution is 2.33. The highest BCUT2D eigenvalue weighted by Gasteiger charge is 2.25. The summed E-state index contributed by atoms with van der Waals surface area (Å²) in [6, 6.07) is 9.30. The van der Waals surface area contributed by atoms with Gasteiger partial charge < -0.3 is 24.7 Å². The molecule has 0 aliphatic carbocycles. The second kappa shape index (κ2) is 12.9. The van der Waals surface area contributed by atoms with Gasteiger partial charge in [0, 0.05) is 56.4 Å². The second-order valence-electron chi connectivity index (χ2n) is 10.5. The number of likely N-dealkylation sites (tertiary alicyclic amines) is 1. The smallest absolute Gasteiger partial charge is 0.311 e. The first kappa shape index (κ1) is 28.9. The number of nitrogens with zero attached hydrogens (tertiary/aromatic N) is 5. The molecule has 1 atom stereocenters. The molecule has 0 radical (unpaired) electrons. The summed E-state index contributed by atoms with van der Waals surface area (Å²) < 4.78 is 5.38. The van der Waals surface area contributed by atoms with Crippen molar-refractivity contribution in [3.8, 4) is 16.3 Å². The number of aryl methyl sites for hydroxylation is 1. The predicted molar refractivity (Wildman–Crippen MR) is 157 cm³/mol. The number of piperidine rings is 2. The van der Waals surface area contributed by atoms with E-state index in [1.807, 2.05) is 35.2 Å². The molecule has 2 aliphatic rings. The van der Waals surface area contributed by atoms with Crippen LogP contribution in [0.4, 0.5) is 16.9 Å². The standard InChI is InChI=1S/C29H36N6O5S/c1-3-25(38)40-27-18(2)30-29(41-27)33-28-31-23(15-24(32-28)34-13-10-22(37)11-14-34)20-6-8-21(9-7-20)26(39)35-12-4-5-19(16-35)17-36/h6-9,15,19,22,36-37H,3-5,10-14,16-17H2,1-2H3,(H,30,31,32,33). The summed E-state index contributed by atoms with van der Waals surface area (Å²) in [5.74, 6) is 0.829. The molecule has 3 N–H and O–H groups in total. The first-order chi connectivity index (χ1) is 19.8. The summed E-state index contributed by atoms with van der Waals surface area (Å²) >= 11 is 1.21. The lowest BCUT2D eigenvalue weighted by Gasteiger charge is -2.32. The van der Waals surface area contributed by atoms with Crippen LogP contribution in [0.5, 0.6) is 5.06 Å². The van der Waals surface area contributed by atoms with E-state index in [1.165, 1.54) is 11.3 Å². The van der Waals surface area contributed by atoms with Gasteiger partial charge in [-0.3, -0.25) is 14.9 Å². The molecule has 2 fully saturated rings. The van der Waals surface area contributed by atoms with E-state index >= 15 is 0 Å². The average Bonchev–Trinajstić information content (AvgIpc) is 3.34. The number of hydrogen-bond acceptors (Lipinski definition) is 11. The second-order valence-corrected chi connectivity index (χ2v) is 11.5. The molecule has 4 heterocycles. The van der Waals surface area contributed by atoms with Crippen molar-refractivity contribution in [1.82, 2.24) is 19.9 Å². The Labute approximate surface area is 243 Å². The molecule has 218 valence electrons. The van der Waals surface area contributed by atoms with Gasteiger partial charge in [0.25, 0.3) is 5.91 Å². The largest absolute Gasteiger partial charge is 0.413 e. The van der Waals surface area contributed by atoms with Crippen LogP contribution in [0.1, 0.15) is 55.1 Å². The molecule has 0 spiro atoms. The van der Waals surface area contributed by atoms with Gasteiger partial charge in [-0.1, -0.05) is 30.4 Å². The average molecular weight is 581 g/mol. The minimum atomic E-state index is -0.327. The predicted octanol–water partition coefficient (Wildman–Crippen LogP) is 3.77. The molecule has 2 aliphatic heterocycles. The number of aliphatic hydroxyl groups excluding tert-OH is 2. The van der Waals surface area contributed by atoms with E-state index in [1.54, 1.807) is 13.8 Å². The van der Waals surface area contributed by atoms with Crippen molar-refractivity contribution >= 4 is 40.1 Å². The third-order valence-corrected chi connectivity index (χ3v) is 8.41. The zero-order valence-corrected chi connectivity index (χ0v) is 24.2. The highest BCUT2D eigenvalue weighted by molar-refractivity contribution is 7.17. The fourth-order valence-electron chi connectivity index (χ4n) is 5.06. The van der Waals surface area contributed by atoms with Crippen molar-refractivity contribution in [1.29, 1.82) is 0 Å². The topological polar surface area (TPSA) is 141 Å². The lowest BCUT2D eigenvalue weighted by molar-refractivity contribution is -0.133. The molecule has 5 rings (SSSR count). The van der Waals surface area contributed by atoms with E-state index in [9.17, 15) is 19.8 Å². The number of hydrogen-bond donors (Lipinski definition) is 3. The minimum Gasteiger partial charge on any atom is -0.413 e. The van der Waals surface area contributed by atoms with Gasteiger partial charge >= 0.3 is 5.97 Å². The Morgan fingerprint density at radius 3 is 2.56 bits per heavy atom. The third-order valence-electron chi connectivity index (χ3n) is 7.46. The van der Waals surface area contributed by atoms with E-state index in [2.05, 4.69) is 15.2 Å². The monoisotopic (exact) mass is 580 g/mol. The fourth-order valence-corrected chi connectivity index (χ4v) is 5.89. The van der Waals surface area contributed by atoms with Gasteiger partial charge in [-0.25, -0.2) is 9.97 Å². The van der Waals surface area contributed by atoms with Crippen LogP contribution in [0, 0.1) is 12.8 Å². The van der Waals surface area contributed by atoms with Gasteiger partial charge in [-0.05, 0) is 50.7 Å². The number of benzene rings is 1. The van der Waals surface area contributed by atoms with Crippen LogP contribution >= 0.6 is 11.3 Å². The number of rotatable bonds is 8. The molecule has 2 aromatic heterocycles. The number of amides is 1. The van der Waals surface area contributed by atoms with Crippen molar-refractivity contribution in [2.45, 2.75) is 52.1 Å². The van der Waals surface area contributed by atoms with E-state index < -0.39 is 0 Å². The van der Waals surface area contributed by atoms with Crippen molar-refractivity contribution < 1.29 is 24.5 Å². The Morgan fingerprint density at radius 1 is 1.10 bits per heavy atom. The van der Waals surface area contributed by atoms with Crippen LogP contribution in [-0.2, 0) is 4.79 Å². The summed E-state index contributed by atoms with van der Waals surface area (Å²) in [5, 5.41) is 23.6. The fraction of sp³-hybridized carbons (Fsp3) is 0.483. The van der Waals surface area contributed by atoms with Gasteiger partial charge in [-0.2, -0.15) is 4.98 Å². The summed E-state index contributed by atoms with van der Waals surface area (Å²) in [7, 11) is 0. The SMILES string of the molecule is CCC(=O)Oc1sc(Nc2nc(-c3ccc(C(=O)N4CCCC(CO)C4)cc3)cc(N3CCC(O)CC3)n2)nc1C. The molecule has 41 heavy (non-hydrogen) atoms. The van der Waals surface area contributed by atoms with E-state index in [0.29, 0.717) is 72.1 Å². The van der Waals surface area contributed by atoms with Crippen LogP contribution in [0.2, 0.25) is 0 Å². The molecule has 0 saturated carbocycles. The maximum absolute atomic E-state index is 13.1. The zero-order chi connectivity index (χ0) is 28.9. The molecular weight excluding hydrogens is 544 g/mol. The molecule has 1 amide bonds. The number of aliphatic hydroxyl groups is 2. The number of esters is 1. The quantitative estimate of drug-likeness (QED) is 0.337. The Bertz CT molecular complexity index is 1370. The molecule has 1 aromatic carbocycles. The Balaban J connectivity index is 1.40. The maximum atomic E-state index is 13.1. The van der Waals surface area contributed by atoms with Gasteiger partial charge in [-0.15, -0.1) is 0 Å². The van der Waals surface area contributed by atoms with Crippen molar-refractivity contribution in [3.05, 3.63) is 41.6 Å². The maximum Gasteiger partial charge on any atom is 0.311 e. The first-order valence-electron chi connectivity index (χ1n) is 14.1. The van der Waals surface area contributed by atoms with Crippen molar-refractivity contribution in [2.75, 3.05) is 43.0 Å². The van der Waals surface area contributed by atoms with Crippen LogP contribution in [-0.4, -0.2) is 80.8 Å². The number of anilines is 3. The van der Waals surface area contributed by atoms with Crippen molar-refractivity contribution in [3.63, 3.8) is 0 Å². The number of carbonyl (C=O) groups is 2. The number of aromatic nitrogens is 3. The third kappa shape index (κ3) is 7.00. The highest BCUT2D eigenvalue weighted by atomic mass is 32.1. The minimum absolute atomic E-state index is 0.0361. The van der Waals surface area contributed by atoms with Crippen LogP contribution in [0.15, 0.2) is 30.3 Å². The molecule has 1 unspecified atom stereocenters. The van der Waals surface area contributed by atoms with Gasteiger partial charge in [0.1, 0.15) is 5.82 Å². The lowest BCUT2D eigenvalue weighted by Crippen LogP contribution is -2.40. The van der Waals surface area contributed by atoms with Crippen LogP contribution < -0.4 is 15.0 Å². The Kier molecular flexibility index (Phi) is 9.11. The van der Waals surface area contributed by atoms with E-state index in [4.69, 9.17) is 14.7 Å². The summed E-state index contributed by atoms with van der Waals surface area (Å²) in [4.78, 5) is 42.8. The first-order valence-corrected chi connectivity index (χ1v) is 14.9. The summed E-state index contributed by atoms with van der Waals surface area (Å²) in [5.41, 5.74) is 2.69. The zero-order valence-electron chi connectivity index (χ0n) is 23.4. The van der Waals surface area contributed by atoms with Crippen LogP contribution in [0.25, 0.3) is 11.3 Å². The number of nitrogens with one attached hydrogen (secondary N) is 1. The van der Waals surface area contributed by atoms with Gasteiger partial charge in [0.2, 0.25) is 11.0 Å². The Hall–Kier alpha value is -3.61. The summed E-state index contributed by atoms with van der Waals surface area (Å²) in [6.07, 6.45) is 3.10. The number of thiazole rings is 1. The Morgan fingerprint density at radius 2 is 1.85 bits per heavy atom. The van der Waals surface area contributed by atoms with E-state index in [0.717, 1.165) is 24.2 Å². The molecule has 0 bridgehead atoms. The van der Waals surface area contributed by atoms with Crippen LogP contribution in [0.3, 0.4) is 0 Å². The molecule has 12 heteroatoms. The van der Waals surface area contributed by atoms with E-state index in [-0.39, 0.29) is 36.9 Å². The molecule has 11 nitrogen and oxygen atoms in total. The van der Waals surface area contributed by atoms with Gasteiger partial charge in [0.05, 0.1) is 17.5 Å². The van der Waals surface area contributed by atoms with Gasteiger partial charge in [0.15, 0.2) is 5.13 Å². The molecule has 3 aromatic rings. The lowest BCUT2D eigenvalue weighted by atomic mass is 9.98. The molecular formula is C29H36N6O5S. The molecule has 2 saturated heterocycles.